The molecule has 412 valence electrons. The summed E-state index contributed by atoms with van der Waals surface area (Å²) in [6, 6.07) is -0.712. The highest BCUT2D eigenvalue weighted by molar-refractivity contribution is 5.76. The van der Waals surface area contributed by atoms with E-state index in [-0.39, 0.29) is 12.5 Å². The molecule has 1 aliphatic heterocycles. The number of amides is 1. The maximum Gasteiger partial charge on any atom is 0.220 e. The lowest BCUT2D eigenvalue weighted by Crippen LogP contribution is -2.60. The van der Waals surface area contributed by atoms with Crippen LogP contribution in [0.2, 0.25) is 0 Å². The number of ether oxygens (including phenoxy) is 2. The van der Waals surface area contributed by atoms with Crippen LogP contribution in [-0.2, 0) is 14.3 Å². The number of rotatable bonds is 54. The molecule has 2 unspecified atom stereocenters. The van der Waals surface area contributed by atoms with Crippen molar-refractivity contribution in [1.29, 1.82) is 0 Å². The van der Waals surface area contributed by atoms with E-state index < -0.39 is 49.5 Å². The summed E-state index contributed by atoms with van der Waals surface area (Å²) in [5.74, 6) is -0.137. The largest absolute Gasteiger partial charge is 0.394 e. The second kappa shape index (κ2) is 50.7. The highest BCUT2D eigenvalue weighted by Gasteiger charge is 2.44. The number of carbonyl (C=O) groups excluding carboxylic acids is 1. The van der Waals surface area contributed by atoms with E-state index in [2.05, 4.69) is 19.2 Å². The first-order chi connectivity index (χ1) is 33.8. The molecule has 1 aliphatic rings. The molecule has 1 heterocycles. The summed E-state index contributed by atoms with van der Waals surface area (Å²) in [7, 11) is 0. The van der Waals surface area contributed by atoms with E-state index in [9.17, 15) is 30.3 Å². The van der Waals surface area contributed by atoms with Gasteiger partial charge < -0.3 is 40.3 Å². The molecule has 0 saturated carbocycles. The van der Waals surface area contributed by atoms with Gasteiger partial charge >= 0.3 is 0 Å². The first kappa shape index (κ1) is 66.2. The van der Waals surface area contributed by atoms with Crippen LogP contribution < -0.4 is 5.32 Å². The number of unbranched alkanes of at least 4 members (excludes halogenated alkanes) is 44. The Kier molecular flexibility index (Phi) is 48.7. The molecule has 1 fully saturated rings. The van der Waals surface area contributed by atoms with Gasteiger partial charge in [-0.25, -0.2) is 0 Å². The fraction of sp³-hybridized carbons (Fsp3) is 0.983. The highest BCUT2D eigenvalue weighted by atomic mass is 16.7. The normalized spacial score (nSPS) is 19.3. The molecule has 0 aliphatic carbocycles. The monoisotopic (exact) mass is 982 g/mol. The third-order valence-electron chi connectivity index (χ3n) is 15.2. The van der Waals surface area contributed by atoms with E-state index in [1.807, 2.05) is 0 Å². The molecule has 0 aromatic rings. The Balaban J connectivity index is 2.04. The molecule has 9 heteroatoms. The summed E-state index contributed by atoms with van der Waals surface area (Å²) in [6.45, 7) is 3.87. The van der Waals surface area contributed by atoms with Crippen molar-refractivity contribution in [1.82, 2.24) is 5.32 Å². The number of aliphatic hydroxyl groups excluding tert-OH is 5. The minimum absolute atomic E-state index is 0.131. The Morgan fingerprint density at radius 2 is 0.725 bits per heavy atom. The molecule has 69 heavy (non-hydrogen) atoms. The smallest absolute Gasteiger partial charge is 0.220 e. The van der Waals surface area contributed by atoms with Gasteiger partial charge in [0.1, 0.15) is 24.4 Å². The van der Waals surface area contributed by atoms with E-state index in [4.69, 9.17) is 9.47 Å². The number of nitrogens with one attached hydrogen (secondary N) is 1. The molecule has 0 aromatic heterocycles. The number of hydrogen-bond acceptors (Lipinski definition) is 8. The van der Waals surface area contributed by atoms with Crippen molar-refractivity contribution in [3.63, 3.8) is 0 Å². The van der Waals surface area contributed by atoms with E-state index in [0.29, 0.717) is 12.8 Å². The molecule has 0 radical (unpaired) electrons. The van der Waals surface area contributed by atoms with Gasteiger partial charge in [-0.3, -0.25) is 4.79 Å². The van der Waals surface area contributed by atoms with Crippen molar-refractivity contribution in [3.05, 3.63) is 0 Å². The molecule has 0 aromatic carbocycles. The molecule has 6 N–H and O–H groups in total. The van der Waals surface area contributed by atoms with Crippen LogP contribution in [0.4, 0.5) is 0 Å². The molecule has 0 bridgehead atoms. The van der Waals surface area contributed by atoms with Gasteiger partial charge in [-0.1, -0.05) is 303 Å². The maximum absolute atomic E-state index is 13.1. The van der Waals surface area contributed by atoms with Gasteiger partial charge in [0.2, 0.25) is 5.91 Å². The van der Waals surface area contributed by atoms with Crippen LogP contribution in [0.1, 0.15) is 322 Å². The molecular formula is C60H119NO8. The molecule has 9 nitrogen and oxygen atoms in total. The second-order valence-corrected chi connectivity index (χ2v) is 21.9. The topological polar surface area (TPSA) is 149 Å². The van der Waals surface area contributed by atoms with Crippen LogP contribution in [0.25, 0.3) is 0 Å². The molecule has 7 atom stereocenters. The van der Waals surface area contributed by atoms with Gasteiger partial charge in [0.25, 0.3) is 0 Å². The Morgan fingerprint density at radius 3 is 1.03 bits per heavy atom. The first-order valence-corrected chi connectivity index (χ1v) is 30.7. The predicted octanol–water partition coefficient (Wildman–Crippen LogP) is 15.4. The Morgan fingerprint density at radius 1 is 0.435 bits per heavy atom. The van der Waals surface area contributed by atoms with Gasteiger partial charge in [0.15, 0.2) is 6.29 Å². The van der Waals surface area contributed by atoms with Crippen LogP contribution in [0, 0.1) is 0 Å². The summed E-state index contributed by atoms with van der Waals surface area (Å²) in [5.41, 5.74) is 0. The van der Waals surface area contributed by atoms with Crippen molar-refractivity contribution in [2.24, 2.45) is 0 Å². The number of carbonyl (C=O) groups is 1. The third kappa shape index (κ3) is 40.3. The Hall–Kier alpha value is -0.810. The number of aliphatic hydroxyl groups is 5. The van der Waals surface area contributed by atoms with Gasteiger partial charge in [-0.2, -0.15) is 0 Å². The molecule has 0 spiro atoms. The lowest BCUT2D eigenvalue weighted by Gasteiger charge is -2.40. The van der Waals surface area contributed by atoms with Crippen LogP contribution in [-0.4, -0.2) is 87.5 Å². The van der Waals surface area contributed by atoms with Gasteiger partial charge in [0.05, 0.1) is 25.4 Å². The summed E-state index contributed by atoms with van der Waals surface area (Å²) >= 11 is 0. The van der Waals surface area contributed by atoms with Crippen molar-refractivity contribution < 1.29 is 39.8 Å². The minimum Gasteiger partial charge on any atom is -0.394 e. The zero-order valence-electron chi connectivity index (χ0n) is 45.9. The molecular weight excluding hydrogens is 863 g/mol. The van der Waals surface area contributed by atoms with Gasteiger partial charge in [-0.05, 0) is 12.8 Å². The minimum atomic E-state index is -1.55. The number of hydrogen-bond donors (Lipinski definition) is 6. The SMILES string of the molecule is CCCCCCCCCCCCCCCCCCCCCCCCCCCCCCCCCCCCC(=O)N[C@@H](CO[C@@H]1O[C@H](CO)[C@@H](O)C(O)C1O)[C@H](O)CCCCCCCCCCCCCC. The van der Waals surface area contributed by atoms with E-state index in [1.54, 1.807) is 0 Å². The lowest BCUT2D eigenvalue weighted by molar-refractivity contribution is -0.302. The standard InChI is InChI=1S/C60H119NO8/c1-3-5-7-9-11-13-15-17-18-19-20-21-22-23-24-25-26-27-28-29-30-31-32-33-34-35-36-37-38-40-42-44-46-48-50-56(64)61-53(52-68-60-59(67)58(66)57(65)55(51-62)69-60)54(63)49-47-45-43-41-39-16-14-12-10-8-6-4-2/h53-55,57-60,62-63,65-67H,3-52H2,1-2H3,(H,61,64)/t53-,54+,55+,57+,58?,59?,60+/m0/s1. The van der Waals surface area contributed by atoms with Crippen molar-refractivity contribution in [2.75, 3.05) is 13.2 Å². The van der Waals surface area contributed by atoms with Gasteiger partial charge in [-0.15, -0.1) is 0 Å². The van der Waals surface area contributed by atoms with E-state index in [1.165, 1.54) is 257 Å². The average Bonchev–Trinajstić information content (AvgIpc) is 3.35. The second-order valence-electron chi connectivity index (χ2n) is 21.9. The van der Waals surface area contributed by atoms with Crippen LogP contribution in [0.5, 0.6) is 0 Å². The van der Waals surface area contributed by atoms with Crippen molar-refractivity contribution >= 4 is 5.91 Å². The van der Waals surface area contributed by atoms with Crippen LogP contribution in [0.3, 0.4) is 0 Å². The first-order valence-electron chi connectivity index (χ1n) is 30.7. The molecule has 1 amide bonds. The van der Waals surface area contributed by atoms with Crippen LogP contribution >= 0.6 is 0 Å². The molecule has 1 saturated heterocycles. The summed E-state index contributed by atoms with van der Waals surface area (Å²) in [6.07, 6.45) is 54.6. The lowest BCUT2D eigenvalue weighted by atomic mass is 9.99. The maximum atomic E-state index is 13.1. The summed E-state index contributed by atoms with van der Waals surface area (Å²) < 4.78 is 11.3. The average molecular weight is 983 g/mol. The quantitative estimate of drug-likeness (QED) is 0.0330. The predicted molar refractivity (Wildman–Crippen MR) is 291 cm³/mol. The van der Waals surface area contributed by atoms with Crippen molar-refractivity contribution in [2.45, 2.75) is 365 Å². The fourth-order valence-electron chi connectivity index (χ4n) is 10.3. The summed E-state index contributed by atoms with van der Waals surface area (Å²) in [5, 5.41) is 54.6. The van der Waals surface area contributed by atoms with E-state index >= 15 is 0 Å². The summed E-state index contributed by atoms with van der Waals surface area (Å²) in [4.78, 5) is 13.1. The van der Waals surface area contributed by atoms with Crippen molar-refractivity contribution in [3.8, 4) is 0 Å². The fourth-order valence-corrected chi connectivity index (χ4v) is 10.3. The highest BCUT2D eigenvalue weighted by Crippen LogP contribution is 2.24. The van der Waals surface area contributed by atoms with Gasteiger partial charge in [0, 0.05) is 6.42 Å². The Bertz CT molecular complexity index is 1050. The zero-order chi connectivity index (χ0) is 50.1. The third-order valence-corrected chi connectivity index (χ3v) is 15.2. The molecule has 1 rings (SSSR count). The zero-order valence-corrected chi connectivity index (χ0v) is 45.9. The Labute approximate surface area is 427 Å². The van der Waals surface area contributed by atoms with E-state index in [0.717, 1.165) is 38.5 Å². The van der Waals surface area contributed by atoms with Crippen LogP contribution in [0.15, 0.2) is 0 Å².